The molecule has 1 unspecified atom stereocenters. The third-order valence-corrected chi connectivity index (χ3v) is 3.86. The summed E-state index contributed by atoms with van der Waals surface area (Å²) in [4.78, 5) is 15.7. The van der Waals surface area contributed by atoms with Gasteiger partial charge in [-0.05, 0) is 59.1 Å². The van der Waals surface area contributed by atoms with Crippen molar-refractivity contribution in [1.29, 1.82) is 0 Å². The maximum absolute atomic E-state index is 13.2. The second-order valence-electron chi connectivity index (χ2n) is 4.53. The Balaban J connectivity index is 2.32. The van der Waals surface area contributed by atoms with E-state index >= 15 is 0 Å². The summed E-state index contributed by atoms with van der Waals surface area (Å²) < 4.78 is 14.0. The van der Waals surface area contributed by atoms with E-state index in [1.54, 1.807) is 31.2 Å². The normalized spacial score (nSPS) is 12.2. The molecule has 1 aromatic carbocycles. The zero-order valence-corrected chi connectivity index (χ0v) is 12.4. The van der Waals surface area contributed by atoms with E-state index in [0.29, 0.717) is 11.3 Å². The Labute approximate surface area is 124 Å². The Kier molecular flexibility index (Phi) is 4.49. The minimum atomic E-state index is -0.969. The van der Waals surface area contributed by atoms with Gasteiger partial charge in [-0.1, -0.05) is 12.1 Å². The zero-order chi connectivity index (χ0) is 14.7. The van der Waals surface area contributed by atoms with Crippen LogP contribution in [0, 0.1) is 12.7 Å². The Bertz CT molecular complexity index is 646. The van der Waals surface area contributed by atoms with Crippen LogP contribution in [-0.2, 0) is 11.2 Å². The molecule has 0 bridgehead atoms. The highest BCUT2D eigenvalue weighted by Gasteiger charge is 2.22. The third kappa shape index (κ3) is 3.42. The highest BCUT2D eigenvalue weighted by molar-refractivity contribution is 9.10. The van der Waals surface area contributed by atoms with Crippen molar-refractivity contribution in [3.05, 3.63) is 63.6 Å². The number of benzene rings is 1. The summed E-state index contributed by atoms with van der Waals surface area (Å²) in [7, 11) is 0. The van der Waals surface area contributed by atoms with Crippen LogP contribution in [0.2, 0.25) is 0 Å². The van der Waals surface area contributed by atoms with Crippen LogP contribution < -0.4 is 0 Å². The number of aryl methyl sites for hydroxylation is 1. The number of carboxylic acid groups (broad SMARTS) is 1. The molecule has 1 aromatic heterocycles. The van der Waals surface area contributed by atoms with Gasteiger partial charge in [-0.15, -0.1) is 0 Å². The number of pyridine rings is 1. The van der Waals surface area contributed by atoms with Crippen molar-refractivity contribution >= 4 is 21.9 Å². The van der Waals surface area contributed by atoms with Crippen LogP contribution >= 0.6 is 15.9 Å². The SMILES string of the molecule is Cc1nc(C(Cc2cccc(F)c2)C(=O)O)ccc1Br. The lowest BCUT2D eigenvalue weighted by molar-refractivity contribution is -0.138. The predicted octanol–water partition coefficient (Wildman–Crippen LogP) is 3.70. The molecular weight excluding hydrogens is 325 g/mol. The second kappa shape index (κ2) is 6.13. The molecule has 0 aliphatic heterocycles. The molecule has 0 spiro atoms. The molecule has 0 radical (unpaired) electrons. The number of carboxylic acids is 1. The van der Waals surface area contributed by atoms with E-state index in [4.69, 9.17) is 0 Å². The van der Waals surface area contributed by atoms with Crippen molar-refractivity contribution in [2.45, 2.75) is 19.3 Å². The van der Waals surface area contributed by atoms with Gasteiger partial charge < -0.3 is 5.11 Å². The number of aromatic nitrogens is 1. The molecule has 0 fully saturated rings. The molecule has 2 rings (SSSR count). The van der Waals surface area contributed by atoms with Crippen LogP contribution in [0.3, 0.4) is 0 Å². The van der Waals surface area contributed by atoms with Crippen LogP contribution in [0.25, 0.3) is 0 Å². The Morgan fingerprint density at radius 2 is 2.15 bits per heavy atom. The van der Waals surface area contributed by atoms with Crippen LogP contribution in [0.4, 0.5) is 4.39 Å². The Morgan fingerprint density at radius 1 is 1.40 bits per heavy atom. The first-order valence-electron chi connectivity index (χ1n) is 6.07. The molecule has 0 saturated carbocycles. The molecule has 1 heterocycles. The molecule has 0 amide bonds. The summed E-state index contributed by atoms with van der Waals surface area (Å²) in [5.74, 6) is -2.13. The van der Waals surface area contributed by atoms with Gasteiger partial charge in [-0.3, -0.25) is 9.78 Å². The van der Waals surface area contributed by atoms with E-state index in [-0.39, 0.29) is 12.2 Å². The van der Waals surface area contributed by atoms with Gasteiger partial charge in [0.05, 0.1) is 11.4 Å². The molecule has 104 valence electrons. The molecular formula is C15H13BrFNO2. The minimum absolute atomic E-state index is 0.209. The minimum Gasteiger partial charge on any atom is -0.481 e. The van der Waals surface area contributed by atoms with Gasteiger partial charge in [-0.2, -0.15) is 0 Å². The number of nitrogens with zero attached hydrogens (tertiary/aromatic N) is 1. The number of hydrogen-bond acceptors (Lipinski definition) is 2. The van der Waals surface area contributed by atoms with Crippen molar-refractivity contribution < 1.29 is 14.3 Å². The first-order valence-corrected chi connectivity index (χ1v) is 6.87. The third-order valence-electron chi connectivity index (χ3n) is 3.03. The first-order chi connectivity index (χ1) is 9.47. The lowest BCUT2D eigenvalue weighted by Crippen LogP contribution is -2.16. The lowest BCUT2D eigenvalue weighted by atomic mass is 9.95. The molecule has 1 N–H and O–H groups in total. The maximum Gasteiger partial charge on any atom is 0.312 e. The van der Waals surface area contributed by atoms with E-state index in [2.05, 4.69) is 20.9 Å². The molecule has 5 heteroatoms. The standard InChI is InChI=1S/C15H13BrFNO2/c1-9-13(16)5-6-14(18-9)12(15(19)20)8-10-3-2-4-11(17)7-10/h2-7,12H,8H2,1H3,(H,19,20). The fraction of sp³-hybridized carbons (Fsp3) is 0.200. The quantitative estimate of drug-likeness (QED) is 0.925. The summed E-state index contributed by atoms with van der Waals surface area (Å²) in [5.41, 5.74) is 1.84. The van der Waals surface area contributed by atoms with E-state index in [1.165, 1.54) is 12.1 Å². The average Bonchev–Trinajstić information content (AvgIpc) is 2.39. The van der Waals surface area contributed by atoms with E-state index in [0.717, 1.165) is 10.2 Å². The van der Waals surface area contributed by atoms with Crippen LogP contribution in [0.5, 0.6) is 0 Å². The highest BCUT2D eigenvalue weighted by atomic mass is 79.9. The second-order valence-corrected chi connectivity index (χ2v) is 5.38. The molecule has 0 aliphatic carbocycles. The fourth-order valence-electron chi connectivity index (χ4n) is 1.98. The average molecular weight is 338 g/mol. The molecule has 2 aromatic rings. The number of halogens is 2. The topological polar surface area (TPSA) is 50.2 Å². The van der Waals surface area contributed by atoms with Crippen molar-refractivity contribution in [2.24, 2.45) is 0 Å². The van der Waals surface area contributed by atoms with Gasteiger partial charge in [0, 0.05) is 4.47 Å². The number of hydrogen-bond donors (Lipinski definition) is 1. The zero-order valence-electron chi connectivity index (χ0n) is 10.8. The van der Waals surface area contributed by atoms with E-state index < -0.39 is 11.9 Å². The largest absolute Gasteiger partial charge is 0.481 e. The summed E-state index contributed by atoms with van der Waals surface area (Å²) in [6, 6.07) is 9.42. The Hall–Kier alpha value is -1.75. The predicted molar refractivity (Wildman–Crippen MR) is 77.2 cm³/mol. The van der Waals surface area contributed by atoms with Crippen molar-refractivity contribution in [1.82, 2.24) is 4.98 Å². The molecule has 1 atom stereocenters. The summed E-state index contributed by atoms with van der Waals surface area (Å²) in [6.45, 7) is 1.80. The molecule has 0 aliphatic rings. The van der Waals surface area contributed by atoms with Crippen molar-refractivity contribution in [2.75, 3.05) is 0 Å². The van der Waals surface area contributed by atoms with Gasteiger partial charge in [-0.25, -0.2) is 4.39 Å². The van der Waals surface area contributed by atoms with Crippen LogP contribution in [0.1, 0.15) is 22.9 Å². The van der Waals surface area contributed by atoms with E-state index in [1.807, 2.05) is 0 Å². The van der Waals surface area contributed by atoms with E-state index in [9.17, 15) is 14.3 Å². The Morgan fingerprint density at radius 3 is 2.75 bits per heavy atom. The van der Waals surface area contributed by atoms with Crippen molar-refractivity contribution in [3.63, 3.8) is 0 Å². The smallest absolute Gasteiger partial charge is 0.312 e. The molecule has 20 heavy (non-hydrogen) atoms. The number of rotatable bonds is 4. The fourth-order valence-corrected chi connectivity index (χ4v) is 2.20. The van der Waals surface area contributed by atoms with Crippen LogP contribution in [-0.4, -0.2) is 16.1 Å². The van der Waals surface area contributed by atoms with Crippen molar-refractivity contribution in [3.8, 4) is 0 Å². The summed E-state index contributed by atoms with van der Waals surface area (Å²) in [6.07, 6.45) is 0.209. The lowest BCUT2D eigenvalue weighted by Gasteiger charge is -2.13. The van der Waals surface area contributed by atoms with Gasteiger partial charge in [0.15, 0.2) is 0 Å². The summed E-state index contributed by atoms with van der Waals surface area (Å²) in [5, 5.41) is 9.37. The van der Waals surface area contributed by atoms with Gasteiger partial charge in [0.1, 0.15) is 11.7 Å². The summed E-state index contributed by atoms with van der Waals surface area (Å²) >= 11 is 3.33. The van der Waals surface area contributed by atoms with Gasteiger partial charge in [0.2, 0.25) is 0 Å². The monoisotopic (exact) mass is 337 g/mol. The van der Waals surface area contributed by atoms with Gasteiger partial charge in [0.25, 0.3) is 0 Å². The number of aliphatic carboxylic acids is 1. The van der Waals surface area contributed by atoms with Crippen LogP contribution in [0.15, 0.2) is 40.9 Å². The molecule has 0 saturated heterocycles. The highest BCUT2D eigenvalue weighted by Crippen LogP contribution is 2.23. The maximum atomic E-state index is 13.2. The van der Waals surface area contributed by atoms with Gasteiger partial charge >= 0.3 is 5.97 Å². The number of carbonyl (C=O) groups is 1. The molecule has 3 nitrogen and oxygen atoms in total. The first kappa shape index (κ1) is 14.7.